The van der Waals surface area contributed by atoms with Crippen LogP contribution in [0.5, 0.6) is 0 Å². The second kappa shape index (κ2) is 6.60. The van der Waals surface area contributed by atoms with Crippen LogP contribution in [0.25, 0.3) is 0 Å². The van der Waals surface area contributed by atoms with E-state index in [1.165, 1.54) is 0 Å². The Morgan fingerprint density at radius 2 is 2.09 bits per heavy atom. The quantitative estimate of drug-likeness (QED) is 0.872. The number of hydrogen-bond donors (Lipinski definition) is 1. The van der Waals surface area contributed by atoms with Gasteiger partial charge in [0.1, 0.15) is 0 Å². The molecular weight excluding hydrogens is 318 g/mol. The van der Waals surface area contributed by atoms with Gasteiger partial charge < -0.3 is 4.74 Å². The van der Waals surface area contributed by atoms with Gasteiger partial charge in [-0.3, -0.25) is 9.48 Å². The van der Waals surface area contributed by atoms with Crippen LogP contribution in [-0.2, 0) is 21.8 Å². The molecule has 128 valence electrons. The third kappa shape index (κ3) is 3.92. The normalized spacial score (nSPS) is 22.6. The van der Waals surface area contributed by atoms with E-state index in [2.05, 4.69) is 9.82 Å². The molecule has 1 saturated heterocycles. The molecule has 2 aliphatic rings. The molecule has 23 heavy (non-hydrogen) atoms. The minimum Gasteiger partial charge on any atom is -0.377 e. The summed E-state index contributed by atoms with van der Waals surface area (Å²) in [7, 11) is -1.96. The van der Waals surface area contributed by atoms with Crippen LogP contribution in [-0.4, -0.2) is 42.6 Å². The summed E-state index contributed by atoms with van der Waals surface area (Å²) in [6.07, 6.45) is 7.12. The van der Waals surface area contributed by atoms with Crippen molar-refractivity contribution in [3.8, 4) is 0 Å². The zero-order valence-corrected chi connectivity index (χ0v) is 14.1. The molecule has 1 aromatic rings. The van der Waals surface area contributed by atoms with E-state index < -0.39 is 15.9 Å². The molecule has 0 aromatic carbocycles. The fraction of sp³-hybridized carbons (Fsp3) is 0.733. The number of carbonyl (C=O) groups excluding carboxylic acids is 1. The highest BCUT2D eigenvalue weighted by molar-refractivity contribution is 7.90. The molecule has 0 bridgehead atoms. The van der Waals surface area contributed by atoms with E-state index >= 15 is 0 Å². The fourth-order valence-corrected chi connectivity index (χ4v) is 4.67. The number of hydrogen-bond acceptors (Lipinski definition) is 5. The average Bonchev–Trinajstić information content (AvgIpc) is 3.16. The lowest BCUT2D eigenvalue weighted by Gasteiger charge is -2.12. The first-order chi connectivity index (χ1) is 10.9. The van der Waals surface area contributed by atoms with E-state index in [-0.39, 0.29) is 17.8 Å². The minimum absolute atomic E-state index is 0.169. The van der Waals surface area contributed by atoms with Gasteiger partial charge in [-0.05, 0) is 25.7 Å². The van der Waals surface area contributed by atoms with E-state index in [1.54, 1.807) is 17.9 Å². The summed E-state index contributed by atoms with van der Waals surface area (Å²) < 4.78 is 33.4. The molecule has 1 unspecified atom stereocenters. The molecule has 1 amide bonds. The van der Waals surface area contributed by atoms with Crippen molar-refractivity contribution in [1.82, 2.24) is 14.5 Å². The molecule has 1 aromatic heterocycles. The van der Waals surface area contributed by atoms with Crippen LogP contribution in [0.1, 0.15) is 60.5 Å². The first-order valence-corrected chi connectivity index (χ1v) is 9.80. The van der Waals surface area contributed by atoms with Gasteiger partial charge in [0.05, 0.1) is 23.1 Å². The number of carbonyl (C=O) groups is 1. The first-order valence-electron chi connectivity index (χ1n) is 8.14. The largest absolute Gasteiger partial charge is 0.377 e. The summed E-state index contributed by atoms with van der Waals surface area (Å²) in [5.41, 5.74) is 1.09. The third-order valence-corrected chi connectivity index (χ3v) is 5.83. The lowest BCUT2D eigenvalue weighted by Crippen LogP contribution is -2.36. The SMILES string of the molecule is Cn1cc(C(=O)NS(=O)(=O)CC2CCCO2)c(C2CCCC2)n1. The topological polar surface area (TPSA) is 90.3 Å². The minimum atomic E-state index is -3.70. The highest BCUT2D eigenvalue weighted by Crippen LogP contribution is 2.34. The third-order valence-electron chi connectivity index (χ3n) is 4.52. The van der Waals surface area contributed by atoms with Gasteiger partial charge in [-0.15, -0.1) is 0 Å². The highest BCUT2D eigenvalue weighted by atomic mass is 32.2. The van der Waals surface area contributed by atoms with Crippen LogP contribution in [0.15, 0.2) is 6.20 Å². The van der Waals surface area contributed by atoms with Crippen molar-refractivity contribution in [2.75, 3.05) is 12.4 Å². The van der Waals surface area contributed by atoms with E-state index in [1.807, 2.05) is 0 Å². The number of rotatable bonds is 5. The average molecular weight is 341 g/mol. The molecule has 3 rings (SSSR count). The number of aryl methyl sites for hydroxylation is 1. The number of nitrogens with one attached hydrogen (secondary N) is 1. The van der Waals surface area contributed by atoms with Gasteiger partial charge in [0.15, 0.2) is 0 Å². The van der Waals surface area contributed by atoms with Crippen molar-refractivity contribution >= 4 is 15.9 Å². The van der Waals surface area contributed by atoms with Gasteiger partial charge in [0, 0.05) is 25.8 Å². The summed E-state index contributed by atoms with van der Waals surface area (Å²) in [4.78, 5) is 12.4. The predicted octanol–water partition coefficient (Wildman–Crippen LogP) is 1.32. The van der Waals surface area contributed by atoms with Gasteiger partial charge in [0.2, 0.25) is 10.0 Å². The van der Waals surface area contributed by atoms with Crippen LogP contribution in [0.3, 0.4) is 0 Å². The molecule has 1 atom stereocenters. The van der Waals surface area contributed by atoms with Crippen molar-refractivity contribution in [1.29, 1.82) is 0 Å². The van der Waals surface area contributed by atoms with E-state index in [0.717, 1.165) is 44.2 Å². The number of ether oxygens (including phenoxy) is 1. The zero-order valence-electron chi connectivity index (χ0n) is 13.3. The predicted molar refractivity (Wildman–Crippen MR) is 84.6 cm³/mol. The summed E-state index contributed by atoms with van der Waals surface area (Å²) in [5.74, 6) is -0.506. The number of amides is 1. The fourth-order valence-electron chi connectivity index (χ4n) is 3.44. The van der Waals surface area contributed by atoms with Gasteiger partial charge in [-0.2, -0.15) is 5.10 Å². The summed E-state index contributed by atoms with van der Waals surface area (Å²) in [5, 5.41) is 4.38. The Hall–Kier alpha value is -1.41. The highest BCUT2D eigenvalue weighted by Gasteiger charge is 2.29. The van der Waals surface area contributed by atoms with Crippen LogP contribution in [0, 0.1) is 0 Å². The zero-order chi connectivity index (χ0) is 16.4. The van der Waals surface area contributed by atoms with Crippen LogP contribution < -0.4 is 4.72 Å². The molecule has 1 saturated carbocycles. The van der Waals surface area contributed by atoms with Gasteiger partial charge in [0.25, 0.3) is 5.91 Å². The first kappa shape index (κ1) is 16.4. The molecule has 0 radical (unpaired) electrons. The lowest BCUT2D eigenvalue weighted by atomic mass is 10.0. The van der Waals surface area contributed by atoms with Crippen molar-refractivity contribution in [2.45, 2.75) is 50.5 Å². The van der Waals surface area contributed by atoms with Crippen LogP contribution in [0.4, 0.5) is 0 Å². The van der Waals surface area contributed by atoms with Gasteiger partial charge in [-0.25, -0.2) is 13.1 Å². The van der Waals surface area contributed by atoms with Crippen molar-refractivity contribution in [3.63, 3.8) is 0 Å². The Morgan fingerprint density at radius 1 is 1.35 bits per heavy atom. The Morgan fingerprint density at radius 3 is 2.74 bits per heavy atom. The second-order valence-electron chi connectivity index (χ2n) is 6.43. The maximum absolute atomic E-state index is 12.4. The van der Waals surface area contributed by atoms with E-state index in [4.69, 9.17) is 4.74 Å². The van der Waals surface area contributed by atoms with Gasteiger partial charge in [-0.1, -0.05) is 12.8 Å². The summed E-state index contributed by atoms with van der Waals surface area (Å²) >= 11 is 0. The molecule has 1 N–H and O–H groups in total. The van der Waals surface area contributed by atoms with E-state index in [0.29, 0.717) is 12.2 Å². The maximum Gasteiger partial charge on any atom is 0.268 e. The molecule has 2 heterocycles. The second-order valence-corrected chi connectivity index (χ2v) is 8.20. The Bertz CT molecular complexity index is 671. The van der Waals surface area contributed by atoms with E-state index in [9.17, 15) is 13.2 Å². The monoisotopic (exact) mass is 341 g/mol. The molecular formula is C15H23N3O4S. The number of nitrogens with zero attached hydrogens (tertiary/aromatic N) is 2. The van der Waals surface area contributed by atoms with Crippen LogP contribution >= 0.6 is 0 Å². The smallest absolute Gasteiger partial charge is 0.268 e. The number of aromatic nitrogens is 2. The summed E-state index contributed by atoms with van der Waals surface area (Å²) in [6.45, 7) is 0.586. The Labute approximate surface area is 136 Å². The molecule has 1 aliphatic carbocycles. The lowest BCUT2D eigenvalue weighted by molar-refractivity contribution is 0.0978. The Balaban J connectivity index is 1.72. The molecule has 7 nitrogen and oxygen atoms in total. The van der Waals surface area contributed by atoms with Crippen LogP contribution in [0.2, 0.25) is 0 Å². The molecule has 2 fully saturated rings. The van der Waals surface area contributed by atoms with Crippen molar-refractivity contribution in [3.05, 3.63) is 17.5 Å². The molecule has 8 heteroatoms. The van der Waals surface area contributed by atoms with Gasteiger partial charge >= 0.3 is 0 Å². The number of sulfonamides is 1. The standard InChI is InChI=1S/C15H23N3O4S/c1-18-9-13(14(16-18)11-5-2-3-6-11)15(19)17-23(20,21)10-12-7-4-8-22-12/h9,11-12H,2-8,10H2,1H3,(H,17,19). The van der Waals surface area contributed by atoms with Crippen molar-refractivity contribution in [2.24, 2.45) is 7.05 Å². The summed E-state index contributed by atoms with van der Waals surface area (Å²) in [6, 6.07) is 0. The Kier molecular flexibility index (Phi) is 4.72. The molecule has 1 aliphatic heterocycles. The maximum atomic E-state index is 12.4. The van der Waals surface area contributed by atoms with Crippen molar-refractivity contribution < 1.29 is 17.9 Å². The molecule has 0 spiro atoms.